The minimum Gasteiger partial charge on any atom is -0.480 e. The zero-order valence-corrected chi connectivity index (χ0v) is 16.1. The third-order valence-corrected chi connectivity index (χ3v) is 6.45. The molecule has 2 rings (SSSR count). The van der Waals surface area contributed by atoms with Gasteiger partial charge in [0.15, 0.2) is 0 Å². The van der Waals surface area contributed by atoms with Crippen molar-refractivity contribution in [2.24, 2.45) is 11.8 Å². The molecule has 0 spiro atoms. The van der Waals surface area contributed by atoms with E-state index in [0.717, 1.165) is 6.42 Å². The maximum atomic E-state index is 12.8. The van der Waals surface area contributed by atoms with Crippen molar-refractivity contribution >= 4 is 21.9 Å². The van der Waals surface area contributed by atoms with Crippen molar-refractivity contribution in [3.05, 3.63) is 29.8 Å². The van der Waals surface area contributed by atoms with Crippen LogP contribution in [0.2, 0.25) is 0 Å². The van der Waals surface area contributed by atoms with Crippen LogP contribution in [0.25, 0.3) is 0 Å². The Balaban J connectivity index is 2.15. The van der Waals surface area contributed by atoms with Gasteiger partial charge in [-0.2, -0.15) is 4.31 Å². The summed E-state index contributed by atoms with van der Waals surface area (Å²) in [7, 11) is -3.60. The Kier molecular flexibility index (Phi) is 6.41. The van der Waals surface area contributed by atoms with Gasteiger partial charge in [0.1, 0.15) is 6.04 Å². The highest BCUT2D eigenvalue weighted by Gasteiger charge is 2.31. The lowest BCUT2D eigenvalue weighted by atomic mass is 9.94. The van der Waals surface area contributed by atoms with Crippen LogP contribution in [-0.4, -0.2) is 48.8 Å². The molecule has 1 aromatic rings. The van der Waals surface area contributed by atoms with E-state index in [1.807, 2.05) is 13.8 Å². The average Bonchev–Trinajstić information content (AvgIpc) is 2.58. The first-order valence-electron chi connectivity index (χ1n) is 8.79. The highest BCUT2D eigenvalue weighted by Crippen LogP contribution is 2.26. The molecule has 0 aliphatic carbocycles. The normalized spacial score (nSPS) is 22.6. The van der Waals surface area contributed by atoms with Crippen molar-refractivity contribution < 1.29 is 23.1 Å². The summed E-state index contributed by atoms with van der Waals surface area (Å²) in [5, 5.41) is 11.4. The van der Waals surface area contributed by atoms with E-state index in [9.17, 15) is 18.0 Å². The van der Waals surface area contributed by atoms with Gasteiger partial charge in [-0.3, -0.25) is 4.79 Å². The smallest absolute Gasteiger partial charge is 0.326 e. The molecule has 7 nitrogen and oxygen atoms in total. The Bertz CT molecular complexity index is 750. The monoisotopic (exact) mass is 382 g/mol. The summed E-state index contributed by atoms with van der Waals surface area (Å²) < 4.78 is 27.1. The molecule has 0 radical (unpaired) electrons. The number of carbonyl (C=O) groups is 2. The van der Waals surface area contributed by atoms with Gasteiger partial charge in [-0.1, -0.05) is 20.8 Å². The van der Waals surface area contributed by atoms with Crippen molar-refractivity contribution in [1.29, 1.82) is 0 Å². The SMILES string of the molecule is CCC(NC(=O)c1ccc(S(=O)(=O)N2CC(C)CC(C)C2)cc1)C(=O)O. The minimum atomic E-state index is -3.60. The van der Waals surface area contributed by atoms with Gasteiger partial charge in [-0.05, 0) is 48.9 Å². The molecule has 1 aliphatic heterocycles. The van der Waals surface area contributed by atoms with E-state index in [1.165, 1.54) is 28.6 Å². The van der Waals surface area contributed by atoms with E-state index in [1.54, 1.807) is 6.92 Å². The van der Waals surface area contributed by atoms with Gasteiger partial charge < -0.3 is 10.4 Å². The molecular formula is C18H26N2O5S. The van der Waals surface area contributed by atoms with E-state index in [-0.39, 0.29) is 16.9 Å². The number of rotatable bonds is 6. The number of carboxylic acid groups (broad SMARTS) is 1. The molecule has 144 valence electrons. The zero-order valence-electron chi connectivity index (χ0n) is 15.3. The van der Waals surface area contributed by atoms with Crippen LogP contribution in [0.15, 0.2) is 29.2 Å². The lowest BCUT2D eigenvalue weighted by Gasteiger charge is -2.34. The number of carboxylic acids is 1. The molecule has 1 aromatic carbocycles. The fourth-order valence-corrected chi connectivity index (χ4v) is 4.99. The Morgan fingerprint density at radius 2 is 1.73 bits per heavy atom. The third-order valence-electron chi connectivity index (χ3n) is 4.60. The predicted octanol–water partition coefficient (Wildman–Crippen LogP) is 1.95. The first kappa shape index (κ1) is 20.4. The second-order valence-corrected chi connectivity index (χ2v) is 9.00. The number of nitrogens with one attached hydrogen (secondary N) is 1. The van der Waals surface area contributed by atoms with Gasteiger partial charge >= 0.3 is 5.97 Å². The predicted molar refractivity (Wildman–Crippen MR) is 97.3 cm³/mol. The Morgan fingerprint density at radius 1 is 1.19 bits per heavy atom. The van der Waals surface area contributed by atoms with Crippen LogP contribution in [-0.2, 0) is 14.8 Å². The lowest BCUT2D eigenvalue weighted by molar-refractivity contribution is -0.139. The van der Waals surface area contributed by atoms with Gasteiger partial charge in [0.05, 0.1) is 4.90 Å². The number of piperidine rings is 1. The van der Waals surface area contributed by atoms with Crippen molar-refractivity contribution in [3.8, 4) is 0 Å². The fourth-order valence-electron chi connectivity index (χ4n) is 3.31. The van der Waals surface area contributed by atoms with Gasteiger partial charge in [-0.15, -0.1) is 0 Å². The maximum Gasteiger partial charge on any atom is 0.326 e. The molecule has 0 aromatic heterocycles. The summed E-state index contributed by atoms with van der Waals surface area (Å²) in [4.78, 5) is 23.3. The largest absolute Gasteiger partial charge is 0.480 e. The second-order valence-electron chi connectivity index (χ2n) is 7.06. The molecule has 2 N–H and O–H groups in total. The van der Waals surface area contributed by atoms with Crippen LogP contribution < -0.4 is 5.32 Å². The van der Waals surface area contributed by atoms with Gasteiger partial charge in [0.25, 0.3) is 5.91 Å². The molecule has 3 unspecified atom stereocenters. The second kappa shape index (κ2) is 8.18. The summed E-state index contributed by atoms with van der Waals surface area (Å²) in [5.41, 5.74) is 0.226. The lowest BCUT2D eigenvalue weighted by Crippen LogP contribution is -2.42. The first-order chi connectivity index (χ1) is 12.1. The number of amides is 1. The number of nitrogens with zero attached hydrogens (tertiary/aromatic N) is 1. The molecule has 0 bridgehead atoms. The molecule has 0 saturated carbocycles. The van der Waals surface area contributed by atoms with Crippen molar-refractivity contribution in [2.75, 3.05) is 13.1 Å². The van der Waals surface area contributed by atoms with Crippen molar-refractivity contribution in [3.63, 3.8) is 0 Å². The number of carbonyl (C=O) groups excluding carboxylic acids is 1. The highest BCUT2D eigenvalue weighted by molar-refractivity contribution is 7.89. The number of hydrogen-bond donors (Lipinski definition) is 2. The van der Waals surface area contributed by atoms with Gasteiger partial charge in [0.2, 0.25) is 10.0 Å². The van der Waals surface area contributed by atoms with Crippen LogP contribution >= 0.6 is 0 Å². The van der Waals surface area contributed by atoms with Crippen molar-refractivity contribution in [1.82, 2.24) is 9.62 Å². The molecule has 1 amide bonds. The Morgan fingerprint density at radius 3 is 2.19 bits per heavy atom. The molecule has 1 fully saturated rings. The van der Waals surface area contributed by atoms with E-state index < -0.39 is 27.9 Å². The number of aliphatic carboxylic acids is 1. The van der Waals surface area contributed by atoms with Crippen LogP contribution in [0, 0.1) is 11.8 Å². The Labute approximate surface area is 154 Å². The maximum absolute atomic E-state index is 12.8. The van der Waals surface area contributed by atoms with Gasteiger partial charge in [-0.25, -0.2) is 13.2 Å². The molecule has 3 atom stereocenters. The molecule has 1 heterocycles. The molecular weight excluding hydrogens is 356 g/mol. The molecule has 1 saturated heterocycles. The van der Waals surface area contributed by atoms with Gasteiger partial charge in [0, 0.05) is 18.7 Å². The van der Waals surface area contributed by atoms with Crippen LogP contribution in [0.4, 0.5) is 0 Å². The van der Waals surface area contributed by atoms with E-state index >= 15 is 0 Å². The molecule has 26 heavy (non-hydrogen) atoms. The van der Waals surface area contributed by atoms with Crippen LogP contribution in [0.1, 0.15) is 44.0 Å². The van der Waals surface area contributed by atoms with E-state index in [4.69, 9.17) is 5.11 Å². The fraction of sp³-hybridized carbons (Fsp3) is 0.556. The summed E-state index contributed by atoms with van der Waals surface area (Å²) in [6.07, 6.45) is 1.27. The van der Waals surface area contributed by atoms with Crippen LogP contribution in [0.5, 0.6) is 0 Å². The Hall–Kier alpha value is -1.93. The summed E-state index contributed by atoms with van der Waals surface area (Å²) >= 11 is 0. The molecule has 8 heteroatoms. The minimum absolute atomic E-state index is 0.139. The summed E-state index contributed by atoms with van der Waals surface area (Å²) in [6.45, 7) is 6.73. The standard InChI is InChI=1S/C18H26N2O5S/c1-4-16(18(22)23)19-17(21)14-5-7-15(8-6-14)26(24,25)20-10-12(2)9-13(3)11-20/h5-8,12-13,16H,4,9-11H2,1-3H3,(H,19,21)(H,22,23). The number of sulfonamides is 1. The number of benzene rings is 1. The summed E-state index contributed by atoms with van der Waals surface area (Å²) in [6, 6.07) is 4.65. The summed E-state index contributed by atoms with van der Waals surface area (Å²) in [5.74, 6) is -1.03. The quantitative estimate of drug-likeness (QED) is 0.783. The van der Waals surface area contributed by atoms with Crippen molar-refractivity contribution in [2.45, 2.75) is 44.6 Å². The van der Waals surface area contributed by atoms with E-state index in [2.05, 4.69) is 5.32 Å². The highest BCUT2D eigenvalue weighted by atomic mass is 32.2. The molecule has 1 aliphatic rings. The third kappa shape index (κ3) is 4.62. The topological polar surface area (TPSA) is 104 Å². The number of hydrogen-bond acceptors (Lipinski definition) is 4. The van der Waals surface area contributed by atoms with Crippen LogP contribution in [0.3, 0.4) is 0 Å². The zero-order chi connectivity index (χ0) is 19.5. The first-order valence-corrected chi connectivity index (χ1v) is 10.2. The van der Waals surface area contributed by atoms with E-state index in [0.29, 0.717) is 24.9 Å². The average molecular weight is 382 g/mol.